The van der Waals surface area contributed by atoms with Crippen molar-refractivity contribution in [1.29, 1.82) is 0 Å². The number of carbonyl (C=O) groups excluding carboxylic acids is 1. The van der Waals surface area contributed by atoms with Crippen molar-refractivity contribution in [3.8, 4) is 0 Å². The first kappa shape index (κ1) is 43.0. The van der Waals surface area contributed by atoms with E-state index in [2.05, 4.69) is 46.5 Å². The largest absolute Gasteiger partial charge is 0.444 e. The van der Waals surface area contributed by atoms with Gasteiger partial charge in [-0.05, 0) is 81.3 Å². The topological polar surface area (TPSA) is 67.7 Å². The number of rotatable bonds is 7. The summed E-state index contributed by atoms with van der Waals surface area (Å²) in [5.41, 5.74) is -0.657. The maximum atomic E-state index is 15.1. The smallest absolute Gasteiger partial charge is 0.416 e. The van der Waals surface area contributed by atoms with Crippen LogP contribution < -0.4 is 15.1 Å². The third-order valence-electron chi connectivity index (χ3n) is 11.5. The van der Waals surface area contributed by atoms with Gasteiger partial charge in [0.1, 0.15) is 25.3 Å². The van der Waals surface area contributed by atoms with Crippen LogP contribution in [0, 0.1) is 5.82 Å². The Labute approximate surface area is 343 Å². The van der Waals surface area contributed by atoms with Crippen molar-refractivity contribution in [1.82, 2.24) is 14.5 Å². The molecule has 0 saturated carbocycles. The molecule has 0 bridgehead atoms. The monoisotopic (exact) mass is 872 g/mol. The molecule has 6 rings (SSSR count). The van der Waals surface area contributed by atoms with Gasteiger partial charge in [0.05, 0.1) is 28.2 Å². The van der Waals surface area contributed by atoms with Gasteiger partial charge in [0, 0.05) is 54.8 Å². The lowest BCUT2D eigenvalue weighted by molar-refractivity contribution is -0.137. The number of thiol groups is 1. The van der Waals surface area contributed by atoms with Crippen LogP contribution in [0.3, 0.4) is 0 Å². The van der Waals surface area contributed by atoms with Crippen LogP contribution in [0.4, 0.5) is 28.2 Å². The number of thiophene rings is 2. The zero-order chi connectivity index (χ0) is 41.4. The van der Waals surface area contributed by atoms with Gasteiger partial charge in [-0.3, -0.25) is 9.47 Å². The number of nitrogens with zero attached hydrogens (tertiary/aromatic N) is 4. The Hall–Kier alpha value is -2.59. The first-order chi connectivity index (χ1) is 25.9. The Bertz CT molecular complexity index is 2150. The molecule has 4 aromatic rings. The summed E-state index contributed by atoms with van der Waals surface area (Å²) in [6.07, 6.45) is -5.18. The van der Waals surface area contributed by atoms with Crippen LogP contribution in [-0.4, -0.2) is 65.1 Å². The van der Waals surface area contributed by atoms with Gasteiger partial charge in [0.2, 0.25) is 0 Å². The summed E-state index contributed by atoms with van der Waals surface area (Å²) in [4.78, 5) is 36.7. The third-order valence-corrected chi connectivity index (χ3v) is 25.3. The second kappa shape index (κ2) is 15.5. The van der Waals surface area contributed by atoms with E-state index in [-0.39, 0.29) is 36.8 Å². The summed E-state index contributed by atoms with van der Waals surface area (Å²) in [5.74, 6) is -0.198. The third kappa shape index (κ3) is 7.80. The molecule has 2 aliphatic rings. The standard InChI is InChI=1S/C40H53ClF4N4O3S3Si/c1-21(2)56(22(3)4,23(5)6)36-30(41)15-33(54-36)55-20-26(31-14-28(42)19-53-31)18-48-34-29(12-27(13-32(34)55)40(43,44)45)35(46-37(48)50)47-16-24(7)49(25(8)17-47)38(51)52-39(9,10)11/h12-15,19,21-26,55H,16-18,20H2,1-11H3/t24-,25+,26-/m0/s1. The molecule has 308 valence electrons. The molecule has 0 aliphatic carbocycles. The molecular formula is C40H53ClF4N4O3S3Si. The fraction of sp³-hybridized carbons (Fsp3) is 0.575. The molecule has 1 amide bonds. The van der Waals surface area contributed by atoms with E-state index in [1.54, 1.807) is 37.0 Å². The minimum atomic E-state index is -4.70. The van der Waals surface area contributed by atoms with Gasteiger partial charge >= 0.3 is 18.0 Å². The molecule has 0 radical (unpaired) electrons. The average molecular weight is 874 g/mol. The first-order valence-electron chi connectivity index (χ1n) is 19.2. The van der Waals surface area contributed by atoms with Crippen molar-refractivity contribution in [2.75, 3.05) is 23.7 Å². The molecule has 1 aromatic carbocycles. The van der Waals surface area contributed by atoms with E-state index in [1.807, 2.05) is 24.8 Å². The summed E-state index contributed by atoms with van der Waals surface area (Å²) in [5, 5.41) is 2.30. The van der Waals surface area contributed by atoms with E-state index in [9.17, 15) is 14.0 Å². The molecule has 7 nitrogen and oxygen atoms in total. The van der Waals surface area contributed by atoms with Gasteiger partial charge in [0.15, 0.2) is 0 Å². The minimum absolute atomic E-state index is 0.133. The molecule has 0 spiro atoms. The van der Waals surface area contributed by atoms with Crippen molar-refractivity contribution in [3.05, 3.63) is 61.4 Å². The Morgan fingerprint density at radius 3 is 2.11 bits per heavy atom. The number of hydrogen-bond acceptors (Lipinski definition) is 7. The number of hydrogen-bond donors (Lipinski definition) is 1. The number of aromatic nitrogens is 2. The van der Waals surface area contributed by atoms with Crippen LogP contribution in [0.2, 0.25) is 21.6 Å². The number of anilines is 1. The highest BCUT2D eigenvalue weighted by Crippen LogP contribution is 2.57. The number of carbonyl (C=O) groups is 1. The number of alkyl halides is 3. The van der Waals surface area contributed by atoms with E-state index in [4.69, 9.17) is 16.3 Å². The van der Waals surface area contributed by atoms with Crippen LogP contribution in [0.15, 0.2) is 43.5 Å². The number of benzene rings is 1. The Kier molecular flexibility index (Phi) is 11.9. The van der Waals surface area contributed by atoms with Crippen molar-refractivity contribution >= 4 is 80.6 Å². The molecule has 56 heavy (non-hydrogen) atoms. The van der Waals surface area contributed by atoms with Gasteiger partial charge in [0.25, 0.3) is 0 Å². The SMILES string of the molecule is CC(C)[Si](c1sc([SH]2C[C@@H](c3cc(F)cs3)Cn3c(=O)nc(N4C[C@@H](C)N(C(=O)OC(C)(C)C)[C@@H](C)C4)c4cc(C(F)(F)F)cc2c43)cc1Cl)(C(C)C)C(C)C. The van der Waals surface area contributed by atoms with Gasteiger partial charge in [-0.25, -0.2) is 14.0 Å². The summed E-state index contributed by atoms with van der Waals surface area (Å²) in [7, 11) is -3.82. The minimum Gasteiger partial charge on any atom is -0.444 e. The highest BCUT2D eigenvalue weighted by Gasteiger charge is 2.48. The Morgan fingerprint density at radius 1 is 0.982 bits per heavy atom. The lowest BCUT2D eigenvalue weighted by Crippen LogP contribution is -2.59. The summed E-state index contributed by atoms with van der Waals surface area (Å²) >= 11 is 10.1. The van der Waals surface area contributed by atoms with Gasteiger partial charge < -0.3 is 9.64 Å². The molecule has 3 aromatic heterocycles. The maximum Gasteiger partial charge on any atom is 0.416 e. The van der Waals surface area contributed by atoms with Crippen LogP contribution in [-0.2, 0) is 17.5 Å². The second-order valence-corrected chi connectivity index (χ2v) is 28.4. The van der Waals surface area contributed by atoms with E-state index in [0.717, 1.165) is 19.7 Å². The van der Waals surface area contributed by atoms with Crippen LogP contribution in [0.1, 0.15) is 92.5 Å². The van der Waals surface area contributed by atoms with Gasteiger partial charge in [-0.2, -0.15) is 29.1 Å². The molecule has 1 saturated heterocycles. The Balaban J connectivity index is 1.60. The molecule has 16 heteroatoms. The van der Waals surface area contributed by atoms with Crippen LogP contribution in [0.25, 0.3) is 10.9 Å². The van der Waals surface area contributed by atoms with Crippen LogP contribution >= 0.6 is 45.2 Å². The summed E-state index contributed by atoms with van der Waals surface area (Å²) in [6, 6.07) is 4.98. The number of piperazine rings is 1. The summed E-state index contributed by atoms with van der Waals surface area (Å²) in [6.45, 7) is 23.2. The highest BCUT2D eigenvalue weighted by molar-refractivity contribution is 8.18. The van der Waals surface area contributed by atoms with E-state index in [1.165, 1.54) is 33.4 Å². The summed E-state index contributed by atoms with van der Waals surface area (Å²) < 4.78 is 69.1. The molecule has 0 N–H and O–H groups in total. The van der Waals surface area contributed by atoms with Crippen molar-refractivity contribution in [2.45, 2.75) is 138 Å². The lowest BCUT2D eigenvalue weighted by atomic mass is 10.1. The molecule has 1 fully saturated rings. The van der Waals surface area contributed by atoms with Crippen molar-refractivity contribution in [3.63, 3.8) is 0 Å². The average Bonchev–Trinajstić information content (AvgIpc) is 3.61. The quantitative estimate of drug-likeness (QED) is 0.114. The lowest BCUT2D eigenvalue weighted by Gasteiger charge is -2.45. The van der Waals surface area contributed by atoms with E-state index in [0.29, 0.717) is 37.8 Å². The predicted molar refractivity (Wildman–Crippen MR) is 228 cm³/mol. The zero-order valence-corrected chi connectivity index (χ0v) is 38.1. The molecule has 5 heterocycles. The van der Waals surface area contributed by atoms with Gasteiger partial charge in [-0.1, -0.05) is 53.1 Å². The number of ether oxygens (including phenoxy) is 1. The maximum absolute atomic E-state index is 15.1. The first-order valence-corrected chi connectivity index (χ1v) is 25.0. The molecule has 2 aliphatic heterocycles. The van der Waals surface area contributed by atoms with Gasteiger partial charge in [-0.15, -0.1) is 22.7 Å². The molecule has 4 atom stereocenters. The van der Waals surface area contributed by atoms with Crippen molar-refractivity contribution < 1.29 is 27.1 Å². The van der Waals surface area contributed by atoms with Crippen LogP contribution in [0.5, 0.6) is 0 Å². The zero-order valence-electron chi connectivity index (χ0n) is 33.8. The molecular weight excluding hydrogens is 820 g/mol. The number of halogens is 5. The van der Waals surface area contributed by atoms with Crippen molar-refractivity contribution in [2.24, 2.45) is 0 Å². The highest BCUT2D eigenvalue weighted by atomic mass is 35.5. The second-order valence-electron chi connectivity index (χ2n) is 17.3. The normalized spacial score (nSPS) is 21.8. The predicted octanol–water partition coefficient (Wildman–Crippen LogP) is 11.3. The Morgan fingerprint density at radius 2 is 1.59 bits per heavy atom. The fourth-order valence-electron chi connectivity index (χ4n) is 9.43. The van der Waals surface area contributed by atoms with E-state index >= 15 is 13.2 Å². The molecule has 1 unspecified atom stereocenters. The number of amides is 1. The fourth-order valence-corrected chi connectivity index (χ4v) is 25.0. The van der Waals surface area contributed by atoms with E-state index < -0.39 is 66.0 Å².